The third kappa shape index (κ3) is 7.10. The highest BCUT2D eigenvalue weighted by atomic mass is 16.5. The number of hydrogen-bond acceptors (Lipinski definition) is 5. The number of carbonyl (C=O) groups is 2. The van der Waals surface area contributed by atoms with Crippen molar-refractivity contribution in [3.63, 3.8) is 0 Å². The van der Waals surface area contributed by atoms with Crippen LogP contribution in [0.4, 0.5) is 0 Å². The van der Waals surface area contributed by atoms with Gasteiger partial charge in [-0.3, -0.25) is 9.59 Å². The summed E-state index contributed by atoms with van der Waals surface area (Å²) in [6.07, 6.45) is 0.661. The maximum absolute atomic E-state index is 12.4. The Hall–Kier alpha value is -3.80. The Bertz CT molecular complexity index is 1050. The Labute approximate surface area is 194 Å². The molecule has 0 aliphatic carbocycles. The molecule has 6 nitrogen and oxygen atoms in total. The number of amides is 1. The van der Waals surface area contributed by atoms with Gasteiger partial charge in [-0.05, 0) is 62.2 Å². The van der Waals surface area contributed by atoms with Gasteiger partial charge in [0.2, 0.25) is 0 Å². The molecule has 33 heavy (non-hydrogen) atoms. The lowest BCUT2D eigenvalue weighted by Gasteiger charge is -2.13. The van der Waals surface area contributed by atoms with Crippen LogP contribution >= 0.6 is 0 Å². The maximum Gasteiger partial charge on any atom is 0.257 e. The third-order valence-corrected chi connectivity index (χ3v) is 4.87. The highest BCUT2D eigenvalue weighted by Gasteiger charge is 2.10. The first-order chi connectivity index (χ1) is 16.1. The van der Waals surface area contributed by atoms with Gasteiger partial charge in [-0.1, -0.05) is 36.4 Å². The summed E-state index contributed by atoms with van der Waals surface area (Å²) in [5.41, 5.74) is 2.24. The molecule has 0 heterocycles. The van der Waals surface area contributed by atoms with E-state index in [0.717, 1.165) is 11.3 Å². The summed E-state index contributed by atoms with van der Waals surface area (Å²) < 4.78 is 16.8. The summed E-state index contributed by atoms with van der Waals surface area (Å²) in [4.78, 5) is 24.6. The van der Waals surface area contributed by atoms with Crippen molar-refractivity contribution in [3.8, 4) is 17.2 Å². The summed E-state index contributed by atoms with van der Waals surface area (Å²) in [7, 11) is 0. The molecule has 0 radical (unpaired) electrons. The average Bonchev–Trinajstić information content (AvgIpc) is 2.85. The van der Waals surface area contributed by atoms with Crippen molar-refractivity contribution >= 4 is 11.7 Å². The van der Waals surface area contributed by atoms with Crippen molar-refractivity contribution in [1.82, 2.24) is 5.32 Å². The SMILES string of the molecule is CCOc1ccc(CCNC(=O)COc2ccc(C(=O)c3ccccc3)cc2)cc1OCC. The van der Waals surface area contributed by atoms with Crippen LogP contribution < -0.4 is 19.5 Å². The predicted molar refractivity (Wildman–Crippen MR) is 127 cm³/mol. The number of hydrogen-bond donors (Lipinski definition) is 1. The van der Waals surface area contributed by atoms with Gasteiger partial charge in [0.1, 0.15) is 5.75 Å². The number of ether oxygens (including phenoxy) is 3. The molecule has 6 heteroatoms. The zero-order chi connectivity index (χ0) is 23.5. The van der Waals surface area contributed by atoms with E-state index in [1.807, 2.05) is 50.2 Å². The zero-order valence-corrected chi connectivity index (χ0v) is 19.0. The Kier molecular flexibility index (Phi) is 8.88. The molecule has 0 atom stereocenters. The van der Waals surface area contributed by atoms with Gasteiger partial charge in [0, 0.05) is 17.7 Å². The molecule has 0 bridgehead atoms. The Morgan fingerprint density at radius 1 is 0.758 bits per heavy atom. The zero-order valence-electron chi connectivity index (χ0n) is 19.0. The number of nitrogens with one attached hydrogen (secondary N) is 1. The minimum Gasteiger partial charge on any atom is -0.490 e. The van der Waals surface area contributed by atoms with E-state index in [9.17, 15) is 9.59 Å². The van der Waals surface area contributed by atoms with Crippen molar-refractivity contribution in [2.24, 2.45) is 0 Å². The molecule has 0 spiro atoms. The molecule has 0 aromatic heterocycles. The van der Waals surface area contributed by atoms with Gasteiger partial charge in [-0.15, -0.1) is 0 Å². The summed E-state index contributed by atoms with van der Waals surface area (Å²) in [6.45, 7) is 5.36. The first-order valence-corrected chi connectivity index (χ1v) is 11.1. The fourth-order valence-corrected chi connectivity index (χ4v) is 3.26. The van der Waals surface area contributed by atoms with E-state index in [4.69, 9.17) is 14.2 Å². The molecule has 0 saturated heterocycles. The highest BCUT2D eigenvalue weighted by molar-refractivity contribution is 6.08. The lowest BCUT2D eigenvalue weighted by Crippen LogP contribution is -2.30. The third-order valence-electron chi connectivity index (χ3n) is 4.87. The average molecular weight is 448 g/mol. The van der Waals surface area contributed by atoms with Crippen molar-refractivity contribution in [2.75, 3.05) is 26.4 Å². The lowest BCUT2D eigenvalue weighted by molar-refractivity contribution is -0.123. The Morgan fingerprint density at radius 2 is 1.42 bits per heavy atom. The molecular formula is C27H29NO5. The van der Waals surface area contributed by atoms with Crippen molar-refractivity contribution in [2.45, 2.75) is 20.3 Å². The monoisotopic (exact) mass is 447 g/mol. The summed E-state index contributed by atoms with van der Waals surface area (Å²) in [6, 6.07) is 21.7. The van der Waals surface area contributed by atoms with Gasteiger partial charge in [0.05, 0.1) is 13.2 Å². The minimum absolute atomic E-state index is 0.0540. The van der Waals surface area contributed by atoms with E-state index < -0.39 is 0 Å². The molecule has 1 N–H and O–H groups in total. The lowest BCUT2D eigenvalue weighted by atomic mass is 10.0. The quantitative estimate of drug-likeness (QED) is 0.415. The fraction of sp³-hybridized carbons (Fsp3) is 0.259. The molecule has 0 fully saturated rings. The van der Waals surface area contributed by atoms with Gasteiger partial charge in [0.15, 0.2) is 23.9 Å². The topological polar surface area (TPSA) is 73.9 Å². The van der Waals surface area contributed by atoms with E-state index in [1.54, 1.807) is 36.4 Å². The second-order valence-electron chi connectivity index (χ2n) is 7.26. The van der Waals surface area contributed by atoms with Gasteiger partial charge in [0.25, 0.3) is 5.91 Å². The van der Waals surface area contributed by atoms with E-state index in [1.165, 1.54) is 0 Å². The van der Waals surface area contributed by atoms with Crippen LogP contribution in [0.1, 0.15) is 35.3 Å². The number of benzene rings is 3. The van der Waals surface area contributed by atoms with Crippen LogP contribution in [0.2, 0.25) is 0 Å². The molecule has 0 aliphatic heterocycles. The summed E-state index contributed by atoms with van der Waals surface area (Å²) >= 11 is 0. The van der Waals surface area contributed by atoms with Crippen LogP contribution in [-0.2, 0) is 11.2 Å². The van der Waals surface area contributed by atoms with Gasteiger partial charge < -0.3 is 19.5 Å². The Morgan fingerprint density at radius 3 is 2.12 bits per heavy atom. The van der Waals surface area contributed by atoms with Crippen LogP contribution in [0.25, 0.3) is 0 Å². The second-order valence-corrected chi connectivity index (χ2v) is 7.26. The molecule has 0 unspecified atom stereocenters. The number of ketones is 1. The van der Waals surface area contributed by atoms with Crippen molar-refractivity contribution in [1.29, 1.82) is 0 Å². The Balaban J connectivity index is 1.44. The number of rotatable bonds is 12. The van der Waals surface area contributed by atoms with Crippen LogP contribution in [0, 0.1) is 0 Å². The van der Waals surface area contributed by atoms with Gasteiger partial charge in [-0.25, -0.2) is 0 Å². The second kappa shape index (κ2) is 12.3. The first kappa shape index (κ1) is 23.9. The molecule has 0 saturated carbocycles. The van der Waals surface area contributed by atoms with Crippen LogP contribution in [0.5, 0.6) is 17.2 Å². The van der Waals surface area contributed by atoms with E-state index in [0.29, 0.717) is 48.8 Å². The maximum atomic E-state index is 12.4. The first-order valence-electron chi connectivity index (χ1n) is 11.1. The standard InChI is InChI=1S/C27H29NO5/c1-3-31-24-15-10-20(18-25(24)32-4-2)16-17-28-26(29)19-33-23-13-11-22(12-14-23)27(30)21-8-6-5-7-9-21/h5-15,18H,3-4,16-17,19H2,1-2H3,(H,28,29). The van der Waals surface area contributed by atoms with Gasteiger partial charge in [-0.2, -0.15) is 0 Å². The minimum atomic E-state index is -0.213. The smallest absolute Gasteiger partial charge is 0.257 e. The molecule has 3 rings (SSSR count). The van der Waals surface area contributed by atoms with Crippen molar-refractivity contribution < 1.29 is 23.8 Å². The summed E-state index contributed by atoms with van der Waals surface area (Å²) in [5.74, 6) is 1.69. The van der Waals surface area contributed by atoms with Crippen LogP contribution in [-0.4, -0.2) is 38.1 Å². The largest absolute Gasteiger partial charge is 0.490 e. The molecule has 3 aromatic rings. The molecular weight excluding hydrogens is 418 g/mol. The normalized spacial score (nSPS) is 10.4. The molecule has 172 valence electrons. The van der Waals surface area contributed by atoms with E-state index >= 15 is 0 Å². The van der Waals surface area contributed by atoms with E-state index in [2.05, 4.69) is 5.32 Å². The van der Waals surface area contributed by atoms with Gasteiger partial charge >= 0.3 is 0 Å². The highest BCUT2D eigenvalue weighted by Crippen LogP contribution is 2.28. The van der Waals surface area contributed by atoms with E-state index in [-0.39, 0.29) is 18.3 Å². The summed E-state index contributed by atoms with van der Waals surface area (Å²) in [5, 5.41) is 2.85. The molecule has 0 aliphatic rings. The van der Waals surface area contributed by atoms with Crippen LogP contribution in [0.15, 0.2) is 72.8 Å². The van der Waals surface area contributed by atoms with Crippen molar-refractivity contribution in [3.05, 3.63) is 89.5 Å². The molecule has 1 amide bonds. The van der Waals surface area contributed by atoms with Crippen LogP contribution in [0.3, 0.4) is 0 Å². The molecule has 3 aromatic carbocycles. The fourth-order valence-electron chi connectivity index (χ4n) is 3.26. The predicted octanol–water partition coefficient (Wildman–Crippen LogP) is 4.45. The number of carbonyl (C=O) groups excluding carboxylic acids is 2.